The van der Waals surface area contributed by atoms with Crippen LogP contribution in [-0.2, 0) is 22.7 Å². The molecule has 130 valence electrons. The Balaban J connectivity index is 1.82. The first-order valence-electron chi connectivity index (χ1n) is 8.32. The lowest BCUT2D eigenvalue weighted by atomic mass is 10.0. The van der Waals surface area contributed by atoms with E-state index < -0.39 is 0 Å². The molecular weight excluding hydrogens is 316 g/mol. The molecule has 0 aliphatic rings. The highest BCUT2D eigenvalue weighted by Crippen LogP contribution is 2.21. The SMILES string of the molecule is COC(=O)Cn1c(COc2ccc(C(C)C)cc2)nc2ccccc21. The molecular formula is C20H22N2O3. The van der Waals surface area contributed by atoms with E-state index in [0.717, 1.165) is 16.8 Å². The number of carbonyl (C=O) groups excluding carboxylic acids is 1. The van der Waals surface area contributed by atoms with Crippen LogP contribution in [0.4, 0.5) is 0 Å². The molecule has 0 atom stereocenters. The van der Waals surface area contributed by atoms with E-state index in [4.69, 9.17) is 9.47 Å². The number of hydrogen-bond acceptors (Lipinski definition) is 4. The van der Waals surface area contributed by atoms with Gasteiger partial charge in [0.2, 0.25) is 0 Å². The lowest BCUT2D eigenvalue weighted by Gasteiger charge is -2.10. The summed E-state index contributed by atoms with van der Waals surface area (Å²) in [6.45, 7) is 4.71. The second-order valence-corrected chi connectivity index (χ2v) is 6.19. The van der Waals surface area contributed by atoms with Crippen LogP contribution in [0.5, 0.6) is 5.75 Å². The van der Waals surface area contributed by atoms with Crippen LogP contribution in [0.2, 0.25) is 0 Å². The molecule has 0 saturated heterocycles. The quantitative estimate of drug-likeness (QED) is 0.640. The number of hydrogen-bond donors (Lipinski definition) is 0. The zero-order valence-electron chi connectivity index (χ0n) is 14.7. The number of carbonyl (C=O) groups is 1. The molecule has 25 heavy (non-hydrogen) atoms. The summed E-state index contributed by atoms with van der Waals surface area (Å²) < 4.78 is 12.5. The Labute approximate surface area is 147 Å². The fourth-order valence-corrected chi connectivity index (χ4v) is 2.70. The highest BCUT2D eigenvalue weighted by atomic mass is 16.5. The number of esters is 1. The van der Waals surface area contributed by atoms with Gasteiger partial charge in [0.15, 0.2) is 0 Å². The van der Waals surface area contributed by atoms with Crippen LogP contribution in [0.15, 0.2) is 48.5 Å². The number of fused-ring (bicyclic) bond motifs is 1. The van der Waals surface area contributed by atoms with Crippen LogP contribution in [0, 0.1) is 0 Å². The molecule has 1 aromatic heterocycles. The maximum Gasteiger partial charge on any atom is 0.325 e. The predicted molar refractivity (Wildman–Crippen MR) is 96.6 cm³/mol. The van der Waals surface area contributed by atoms with E-state index in [-0.39, 0.29) is 19.1 Å². The van der Waals surface area contributed by atoms with Crippen molar-refractivity contribution in [2.24, 2.45) is 0 Å². The third-order valence-electron chi connectivity index (χ3n) is 4.16. The smallest absolute Gasteiger partial charge is 0.325 e. The van der Waals surface area contributed by atoms with Crippen molar-refractivity contribution in [1.82, 2.24) is 9.55 Å². The molecule has 0 spiro atoms. The van der Waals surface area contributed by atoms with Gasteiger partial charge in [-0.2, -0.15) is 0 Å². The molecule has 0 aliphatic heterocycles. The van der Waals surface area contributed by atoms with Crippen molar-refractivity contribution in [2.45, 2.75) is 32.9 Å². The largest absolute Gasteiger partial charge is 0.486 e. The third kappa shape index (κ3) is 3.82. The average molecular weight is 338 g/mol. The zero-order chi connectivity index (χ0) is 17.8. The summed E-state index contributed by atoms with van der Waals surface area (Å²) in [5, 5.41) is 0. The number of methoxy groups -OCH3 is 1. The number of imidazole rings is 1. The number of aromatic nitrogens is 2. The second kappa shape index (κ2) is 7.38. The first kappa shape index (κ1) is 17.0. The number of ether oxygens (including phenoxy) is 2. The molecule has 5 heteroatoms. The molecule has 0 amide bonds. The maximum atomic E-state index is 11.7. The van der Waals surface area contributed by atoms with E-state index in [9.17, 15) is 4.79 Å². The van der Waals surface area contributed by atoms with Crippen LogP contribution >= 0.6 is 0 Å². The van der Waals surface area contributed by atoms with Crippen LogP contribution in [0.25, 0.3) is 11.0 Å². The number of rotatable bonds is 6. The Morgan fingerprint density at radius 1 is 1.12 bits per heavy atom. The summed E-state index contributed by atoms with van der Waals surface area (Å²) in [6, 6.07) is 15.8. The Kier molecular flexibility index (Phi) is 5.03. The number of benzene rings is 2. The fraction of sp³-hybridized carbons (Fsp3) is 0.300. The molecule has 3 rings (SSSR count). The van der Waals surface area contributed by atoms with E-state index in [0.29, 0.717) is 11.7 Å². The highest BCUT2D eigenvalue weighted by Gasteiger charge is 2.14. The lowest BCUT2D eigenvalue weighted by Crippen LogP contribution is -2.15. The van der Waals surface area contributed by atoms with Gasteiger partial charge in [-0.15, -0.1) is 0 Å². The zero-order valence-corrected chi connectivity index (χ0v) is 14.7. The Hall–Kier alpha value is -2.82. The van der Waals surface area contributed by atoms with Gasteiger partial charge in [0.25, 0.3) is 0 Å². The van der Waals surface area contributed by atoms with Crippen LogP contribution in [0.1, 0.15) is 31.2 Å². The van der Waals surface area contributed by atoms with Crippen LogP contribution in [-0.4, -0.2) is 22.6 Å². The van der Waals surface area contributed by atoms with E-state index in [1.165, 1.54) is 12.7 Å². The topological polar surface area (TPSA) is 53.4 Å². The second-order valence-electron chi connectivity index (χ2n) is 6.19. The molecule has 1 heterocycles. The highest BCUT2D eigenvalue weighted by molar-refractivity contribution is 5.78. The standard InChI is InChI=1S/C20H22N2O3/c1-14(2)15-8-10-16(11-9-15)25-13-19-21-17-6-4-5-7-18(17)22(19)12-20(23)24-3/h4-11,14H,12-13H2,1-3H3. The monoisotopic (exact) mass is 338 g/mol. The molecule has 0 unspecified atom stereocenters. The summed E-state index contributed by atoms with van der Waals surface area (Å²) in [7, 11) is 1.38. The van der Waals surface area contributed by atoms with Gasteiger partial charge in [0, 0.05) is 0 Å². The fourth-order valence-electron chi connectivity index (χ4n) is 2.70. The minimum atomic E-state index is -0.314. The van der Waals surface area contributed by atoms with Gasteiger partial charge in [-0.1, -0.05) is 38.1 Å². The number of para-hydroxylation sites is 2. The van der Waals surface area contributed by atoms with Crippen molar-refractivity contribution >= 4 is 17.0 Å². The Morgan fingerprint density at radius 2 is 1.84 bits per heavy atom. The van der Waals surface area contributed by atoms with Gasteiger partial charge in [0.05, 0.1) is 18.1 Å². The minimum absolute atomic E-state index is 0.113. The van der Waals surface area contributed by atoms with Crippen molar-refractivity contribution in [3.63, 3.8) is 0 Å². The van der Waals surface area contributed by atoms with Crippen molar-refractivity contribution in [1.29, 1.82) is 0 Å². The minimum Gasteiger partial charge on any atom is -0.486 e. The normalized spacial score (nSPS) is 11.0. The average Bonchev–Trinajstić information content (AvgIpc) is 2.98. The molecule has 0 radical (unpaired) electrons. The van der Waals surface area contributed by atoms with Gasteiger partial charge in [-0.05, 0) is 35.7 Å². The lowest BCUT2D eigenvalue weighted by molar-refractivity contribution is -0.141. The molecule has 0 aliphatic carbocycles. The molecule has 0 bridgehead atoms. The van der Waals surface area contributed by atoms with Crippen LogP contribution in [0.3, 0.4) is 0 Å². The molecule has 3 aromatic rings. The van der Waals surface area contributed by atoms with E-state index in [1.54, 1.807) is 0 Å². The molecule has 2 aromatic carbocycles. The predicted octanol–water partition coefficient (Wildman–Crippen LogP) is 3.91. The first-order chi connectivity index (χ1) is 12.1. The van der Waals surface area contributed by atoms with Gasteiger partial charge < -0.3 is 14.0 Å². The van der Waals surface area contributed by atoms with E-state index >= 15 is 0 Å². The summed E-state index contributed by atoms with van der Waals surface area (Å²) in [6.07, 6.45) is 0. The first-order valence-corrected chi connectivity index (χ1v) is 8.32. The Bertz CT molecular complexity index is 866. The van der Waals surface area contributed by atoms with Gasteiger partial charge >= 0.3 is 5.97 Å². The molecule has 0 saturated carbocycles. The van der Waals surface area contributed by atoms with Crippen molar-refractivity contribution in [3.05, 3.63) is 59.9 Å². The number of nitrogens with zero attached hydrogens (tertiary/aromatic N) is 2. The molecule has 0 fully saturated rings. The summed E-state index contributed by atoms with van der Waals surface area (Å²) >= 11 is 0. The van der Waals surface area contributed by atoms with Crippen molar-refractivity contribution in [3.8, 4) is 5.75 Å². The van der Waals surface area contributed by atoms with Crippen molar-refractivity contribution < 1.29 is 14.3 Å². The third-order valence-corrected chi connectivity index (χ3v) is 4.16. The van der Waals surface area contributed by atoms with Crippen molar-refractivity contribution in [2.75, 3.05) is 7.11 Å². The van der Waals surface area contributed by atoms with Gasteiger partial charge in [-0.25, -0.2) is 4.98 Å². The summed E-state index contributed by atoms with van der Waals surface area (Å²) in [5.74, 6) is 1.64. The van der Waals surface area contributed by atoms with E-state index in [2.05, 4.69) is 31.0 Å². The summed E-state index contributed by atoms with van der Waals surface area (Å²) in [4.78, 5) is 16.3. The van der Waals surface area contributed by atoms with Crippen LogP contribution < -0.4 is 4.74 Å². The molecule has 0 N–H and O–H groups in total. The van der Waals surface area contributed by atoms with Gasteiger partial charge in [0.1, 0.15) is 24.7 Å². The van der Waals surface area contributed by atoms with Gasteiger partial charge in [-0.3, -0.25) is 4.79 Å². The maximum absolute atomic E-state index is 11.7. The Morgan fingerprint density at radius 3 is 2.52 bits per heavy atom. The molecule has 5 nitrogen and oxygen atoms in total. The van der Waals surface area contributed by atoms with E-state index in [1.807, 2.05) is 41.0 Å². The summed E-state index contributed by atoms with van der Waals surface area (Å²) in [5.41, 5.74) is 2.99.